The molecule has 0 radical (unpaired) electrons. The van der Waals surface area contributed by atoms with Crippen molar-refractivity contribution in [3.05, 3.63) is 22.9 Å². The van der Waals surface area contributed by atoms with Crippen LogP contribution in [0.2, 0.25) is 5.15 Å². The quantitative estimate of drug-likeness (QED) is 0.584. The number of halogens is 1. The molecule has 1 amide bonds. The van der Waals surface area contributed by atoms with Crippen molar-refractivity contribution in [1.82, 2.24) is 15.1 Å². The number of esters is 1. The number of hydrogen-bond acceptors (Lipinski definition) is 7. The first-order valence-electron chi connectivity index (χ1n) is 9.73. The predicted octanol–water partition coefficient (Wildman–Crippen LogP) is 3.66. The Morgan fingerprint density at radius 3 is 2.48 bits per heavy atom. The summed E-state index contributed by atoms with van der Waals surface area (Å²) in [6, 6.07) is 2.04. The Bertz CT molecular complexity index is 794. The molecule has 2 bridgehead atoms. The summed E-state index contributed by atoms with van der Waals surface area (Å²) in [5.74, 6) is 0.0808. The number of hydrogen-bond donors (Lipinski definition) is 1. The number of nitrogens with zero attached hydrogens (tertiary/aromatic N) is 3. The van der Waals surface area contributed by atoms with Gasteiger partial charge in [-0.25, -0.2) is 9.59 Å². The molecular weight excluding hydrogens is 396 g/mol. The molecule has 1 aromatic rings. The zero-order valence-electron chi connectivity index (χ0n) is 17.1. The molecule has 1 aromatic heterocycles. The van der Waals surface area contributed by atoms with Crippen LogP contribution in [0.4, 0.5) is 10.6 Å². The summed E-state index contributed by atoms with van der Waals surface area (Å²) in [7, 11) is 1.32. The molecule has 2 fully saturated rings. The fraction of sp³-hybridized carbons (Fsp3) is 0.600. The minimum Gasteiger partial charge on any atom is -0.466 e. The maximum Gasteiger partial charge on any atom is 0.410 e. The number of ether oxygens (including phenoxy) is 2. The van der Waals surface area contributed by atoms with Crippen LogP contribution in [0.15, 0.2) is 12.1 Å². The second-order valence-corrected chi connectivity index (χ2v) is 8.80. The SMILES string of the molecule is COC(=O)/C=C\c1cc(Cl)nnc1NC1C[C@H]2CC[C@@H](C1)N2C(=O)OC(C)(C)C. The van der Waals surface area contributed by atoms with Crippen LogP contribution in [0.25, 0.3) is 6.08 Å². The molecule has 1 unspecified atom stereocenters. The van der Waals surface area contributed by atoms with E-state index in [2.05, 4.69) is 20.3 Å². The zero-order chi connectivity index (χ0) is 21.2. The van der Waals surface area contributed by atoms with Gasteiger partial charge in [0.15, 0.2) is 11.0 Å². The highest BCUT2D eigenvalue weighted by atomic mass is 35.5. The number of fused-ring (bicyclic) bond motifs is 2. The smallest absolute Gasteiger partial charge is 0.410 e. The topological polar surface area (TPSA) is 93.6 Å². The van der Waals surface area contributed by atoms with Crippen molar-refractivity contribution < 1.29 is 19.1 Å². The van der Waals surface area contributed by atoms with E-state index in [9.17, 15) is 9.59 Å². The number of rotatable bonds is 4. The molecule has 9 heteroatoms. The van der Waals surface area contributed by atoms with E-state index in [0.717, 1.165) is 25.7 Å². The fourth-order valence-corrected chi connectivity index (χ4v) is 4.10. The molecule has 3 atom stereocenters. The second-order valence-electron chi connectivity index (χ2n) is 8.41. The standard InChI is InChI=1S/C20H27ClN4O4/c1-20(2,3)29-19(27)25-14-6-7-15(25)11-13(10-14)22-18-12(5-8-17(26)28-4)9-16(21)23-24-18/h5,8-9,13-15H,6-7,10-11H2,1-4H3,(H,22,24)/b8-5-/t13?,14-,15+. The molecule has 2 aliphatic heterocycles. The van der Waals surface area contributed by atoms with Crippen LogP contribution < -0.4 is 5.32 Å². The van der Waals surface area contributed by atoms with Gasteiger partial charge in [-0.1, -0.05) is 11.6 Å². The second kappa shape index (κ2) is 8.57. The maximum absolute atomic E-state index is 12.6. The highest BCUT2D eigenvalue weighted by Gasteiger charge is 2.45. The van der Waals surface area contributed by atoms with Crippen molar-refractivity contribution in [1.29, 1.82) is 0 Å². The van der Waals surface area contributed by atoms with E-state index in [1.54, 1.807) is 12.1 Å². The van der Waals surface area contributed by atoms with E-state index in [0.29, 0.717) is 11.4 Å². The first-order valence-corrected chi connectivity index (χ1v) is 10.1. The maximum atomic E-state index is 12.6. The zero-order valence-corrected chi connectivity index (χ0v) is 17.9. The van der Waals surface area contributed by atoms with Gasteiger partial charge in [-0.15, -0.1) is 10.2 Å². The Morgan fingerprint density at radius 1 is 1.24 bits per heavy atom. The van der Waals surface area contributed by atoms with Crippen LogP contribution in [0.5, 0.6) is 0 Å². The summed E-state index contributed by atoms with van der Waals surface area (Å²) in [6.07, 6.45) is 6.18. The fourth-order valence-electron chi connectivity index (χ4n) is 3.95. The van der Waals surface area contributed by atoms with E-state index in [1.165, 1.54) is 13.2 Å². The molecule has 29 heavy (non-hydrogen) atoms. The monoisotopic (exact) mass is 422 g/mol. The van der Waals surface area contributed by atoms with Crippen molar-refractivity contribution >= 4 is 35.6 Å². The summed E-state index contributed by atoms with van der Waals surface area (Å²) >= 11 is 5.96. The lowest BCUT2D eigenvalue weighted by atomic mass is 9.97. The van der Waals surface area contributed by atoms with Gasteiger partial charge in [0.05, 0.1) is 7.11 Å². The molecule has 8 nitrogen and oxygen atoms in total. The van der Waals surface area contributed by atoms with Gasteiger partial charge in [-0.3, -0.25) is 0 Å². The average Bonchev–Trinajstić information content (AvgIpc) is 2.91. The predicted molar refractivity (Wildman–Crippen MR) is 110 cm³/mol. The minimum atomic E-state index is -0.509. The Hall–Kier alpha value is -2.35. The molecule has 1 N–H and O–H groups in total. The van der Waals surface area contributed by atoms with Crippen LogP contribution in [0.3, 0.4) is 0 Å². The molecule has 2 saturated heterocycles. The summed E-state index contributed by atoms with van der Waals surface area (Å²) in [6.45, 7) is 5.64. The van der Waals surface area contributed by atoms with Gasteiger partial charge < -0.3 is 19.7 Å². The molecule has 2 aliphatic rings. The molecule has 158 valence electrons. The summed E-state index contributed by atoms with van der Waals surface area (Å²) in [4.78, 5) is 25.9. The highest BCUT2D eigenvalue weighted by molar-refractivity contribution is 6.29. The lowest BCUT2D eigenvalue weighted by Gasteiger charge is -2.39. The molecule has 0 spiro atoms. The minimum absolute atomic E-state index is 0.131. The highest BCUT2D eigenvalue weighted by Crippen LogP contribution is 2.38. The number of carbonyl (C=O) groups is 2. The van der Waals surface area contributed by atoms with Crippen LogP contribution in [0, 0.1) is 0 Å². The van der Waals surface area contributed by atoms with E-state index in [4.69, 9.17) is 16.3 Å². The normalized spacial score (nSPS) is 23.9. The number of piperidine rings is 1. The number of aromatic nitrogens is 2. The molecule has 3 rings (SSSR count). The average molecular weight is 423 g/mol. The third kappa shape index (κ3) is 5.38. The molecular formula is C20H27ClN4O4. The molecule has 0 aliphatic carbocycles. The Balaban J connectivity index is 1.70. The van der Waals surface area contributed by atoms with Gasteiger partial charge in [0.25, 0.3) is 0 Å². The third-order valence-electron chi connectivity index (χ3n) is 5.07. The summed E-state index contributed by atoms with van der Waals surface area (Å²) < 4.78 is 10.2. The molecule has 3 heterocycles. The number of amides is 1. The van der Waals surface area contributed by atoms with Gasteiger partial charge >= 0.3 is 12.1 Å². The van der Waals surface area contributed by atoms with Gasteiger partial charge in [0.2, 0.25) is 0 Å². The van der Waals surface area contributed by atoms with Crippen molar-refractivity contribution in [2.45, 2.75) is 70.2 Å². The Morgan fingerprint density at radius 2 is 1.90 bits per heavy atom. The van der Waals surface area contributed by atoms with Gasteiger partial charge in [0, 0.05) is 29.8 Å². The van der Waals surface area contributed by atoms with Crippen LogP contribution >= 0.6 is 11.6 Å². The van der Waals surface area contributed by atoms with Gasteiger partial charge in [0.1, 0.15) is 5.60 Å². The third-order valence-corrected chi connectivity index (χ3v) is 5.26. The van der Waals surface area contributed by atoms with E-state index in [-0.39, 0.29) is 29.4 Å². The first kappa shape index (κ1) is 21.4. The van der Waals surface area contributed by atoms with Crippen molar-refractivity contribution in [3.63, 3.8) is 0 Å². The molecule has 0 saturated carbocycles. The van der Waals surface area contributed by atoms with Crippen LogP contribution in [0.1, 0.15) is 52.0 Å². The van der Waals surface area contributed by atoms with Crippen LogP contribution in [-0.4, -0.2) is 58.0 Å². The lowest BCUT2D eigenvalue weighted by Crippen LogP contribution is -2.51. The summed E-state index contributed by atoms with van der Waals surface area (Å²) in [5.41, 5.74) is 0.142. The van der Waals surface area contributed by atoms with Crippen molar-refractivity contribution in [3.8, 4) is 0 Å². The summed E-state index contributed by atoms with van der Waals surface area (Å²) in [5, 5.41) is 11.7. The van der Waals surface area contributed by atoms with E-state index in [1.807, 2.05) is 25.7 Å². The van der Waals surface area contributed by atoms with Crippen molar-refractivity contribution in [2.75, 3.05) is 12.4 Å². The van der Waals surface area contributed by atoms with Gasteiger partial charge in [-0.05, 0) is 58.6 Å². The lowest BCUT2D eigenvalue weighted by molar-refractivity contribution is -0.134. The Labute approximate surface area is 175 Å². The number of anilines is 1. The van der Waals surface area contributed by atoms with Gasteiger partial charge in [-0.2, -0.15) is 0 Å². The van der Waals surface area contributed by atoms with Crippen LogP contribution in [-0.2, 0) is 14.3 Å². The van der Waals surface area contributed by atoms with E-state index >= 15 is 0 Å². The van der Waals surface area contributed by atoms with E-state index < -0.39 is 11.6 Å². The van der Waals surface area contributed by atoms with Crippen molar-refractivity contribution in [2.24, 2.45) is 0 Å². The largest absolute Gasteiger partial charge is 0.466 e. The number of carbonyl (C=O) groups excluding carboxylic acids is 2. The first-order chi connectivity index (χ1) is 13.7. The number of methoxy groups -OCH3 is 1. The number of nitrogens with one attached hydrogen (secondary N) is 1. The Kier molecular flexibility index (Phi) is 6.31. The molecule has 0 aromatic carbocycles.